The van der Waals surface area contributed by atoms with Crippen LogP contribution in [0.25, 0.3) is 0 Å². The first kappa shape index (κ1) is 18.4. The molecule has 1 atom stereocenters. The average Bonchev–Trinajstić information content (AvgIpc) is 2.72. The van der Waals surface area contributed by atoms with E-state index in [-0.39, 0.29) is 5.91 Å². The van der Waals surface area contributed by atoms with Crippen LogP contribution in [0.3, 0.4) is 0 Å². The quantitative estimate of drug-likeness (QED) is 0.767. The summed E-state index contributed by atoms with van der Waals surface area (Å²) < 4.78 is 0. The van der Waals surface area contributed by atoms with Gasteiger partial charge in [0.1, 0.15) is 11.5 Å². The number of carbonyl (C=O) groups excluding carboxylic acids is 1. The zero-order chi connectivity index (χ0) is 18.2. The normalized spacial score (nSPS) is 17.1. The lowest BCUT2D eigenvalue weighted by molar-refractivity contribution is 0.0601. The van der Waals surface area contributed by atoms with Gasteiger partial charge >= 0.3 is 0 Å². The van der Waals surface area contributed by atoms with Crippen molar-refractivity contribution in [3.8, 4) is 0 Å². The molecule has 1 aliphatic rings. The smallest absolute Gasteiger partial charge is 0.274 e. The van der Waals surface area contributed by atoms with Crippen molar-refractivity contribution in [2.45, 2.75) is 51.5 Å². The van der Waals surface area contributed by atoms with E-state index in [2.05, 4.69) is 46.5 Å². The van der Waals surface area contributed by atoms with Crippen molar-refractivity contribution < 1.29 is 4.79 Å². The summed E-state index contributed by atoms with van der Waals surface area (Å²) in [5.74, 6) is 0.736. The molecule has 3 rings (SSSR count). The standard InChI is InChI=1S/C21H28N4O/c1-2-18-12-6-7-14-25(18)21(26)19-15-24-20(16-23-19)22-13-8-11-17-9-4-3-5-10-17/h3-5,9-10,15-16,18H,2,6-8,11-14H2,1H3,(H,22,24). The number of hydrogen-bond donors (Lipinski definition) is 1. The molecule has 2 heterocycles. The highest BCUT2D eigenvalue weighted by molar-refractivity contribution is 5.92. The number of likely N-dealkylation sites (tertiary alicyclic amines) is 1. The number of benzene rings is 1. The molecule has 0 spiro atoms. The van der Waals surface area contributed by atoms with Gasteiger partial charge in [-0.3, -0.25) is 4.79 Å². The third-order valence-electron chi connectivity index (χ3n) is 5.02. The number of amides is 1. The zero-order valence-corrected chi connectivity index (χ0v) is 15.5. The highest BCUT2D eigenvalue weighted by atomic mass is 16.2. The molecule has 0 aliphatic carbocycles. The van der Waals surface area contributed by atoms with Gasteiger partial charge in [0.2, 0.25) is 0 Å². The van der Waals surface area contributed by atoms with Crippen LogP contribution >= 0.6 is 0 Å². The van der Waals surface area contributed by atoms with Crippen LogP contribution in [0.1, 0.15) is 55.1 Å². The fourth-order valence-corrected chi connectivity index (χ4v) is 3.52. The molecular weight excluding hydrogens is 324 g/mol. The molecule has 1 aromatic heterocycles. The number of aryl methyl sites for hydroxylation is 1. The lowest BCUT2D eigenvalue weighted by Gasteiger charge is -2.34. The summed E-state index contributed by atoms with van der Waals surface area (Å²) in [4.78, 5) is 23.4. The minimum atomic E-state index is 0.0136. The maximum Gasteiger partial charge on any atom is 0.274 e. The molecule has 2 aromatic rings. The molecule has 138 valence electrons. The van der Waals surface area contributed by atoms with Crippen molar-refractivity contribution in [2.24, 2.45) is 0 Å². The lowest BCUT2D eigenvalue weighted by Crippen LogP contribution is -2.43. The molecule has 26 heavy (non-hydrogen) atoms. The number of nitrogens with one attached hydrogen (secondary N) is 1. The van der Waals surface area contributed by atoms with Gasteiger partial charge in [-0.1, -0.05) is 37.3 Å². The Morgan fingerprint density at radius 2 is 2.04 bits per heavy atom. The van der Waals surface area contributed by atoms with Gasteiger partial charge in [-0.2, -0.15) is 0 Å². The van der Waals surface area contributed by atoms with Crippen molar-refractivity contribution >= 4 is 11.7 Å². The zero-order valence-electron chi connectivity index (χ0n) is 15.5. The molecular formula is C21H28N4O. The van der Waals surface area contributed by atoms with Crippen LogP contribution in [-0.4, -0.2) is 39.9 Å². The van der Waals surface area contributed by atoms with Crippen LogP contribution in [0.4, 0.5) is 5.82 Å². The second-order valence-electron chi connectivity index (χ2n) is 6.86. The molecule has 5 heteroatoms. The molecule has 1 N–H and O–H groups in total. The predicted octanol–water partition coefficient (Wildman–Crippen LogP) is 3.93. The number of carbonyl (C=O) groups is 1. The predicted molar refractivity (Wildman–Crippen MR) is 104 cm³/mol. The van der Waals surface area contributed by atoms with E-state index in [1.165, 1.54) is 12.0 Å². The summed E-state index contributed by atoms with van der Waals surface area (Å²) in [6, 6.07) is 10.8. The highest BCUT2D eigenvalue weighted by Gasteiger charge is 2.26. The van der Waals surface area contributed by atoms with Crippen LogP contribution < -0.4 is 5.32 Å². The second-order valence-corrected chi connectivity index (χ2v) is 6.86. The molecule has 1 amide bonds. The Balaban J connectivity index is 1.49. The van der Waals surface area contributed by atoms with Crippen molar-refractivity contribution in [1.82, 2.24) is 14.9 Å². The minimum Gasteiger partial charge on any atom is -0.369 e. The summed E-state index contributed by atoms with van der Waals surface area (Å²) in [6.45, 7) is 3.81. The van der Waals surface area contributed by atoms with E-state index in [0.717, 1.165) is 51.0 Å². The Morgan fingerprint density at radius 1 is 1.19 bits per heavy atom. The van der Waals surface area contributed by atoms with Crippen molar-refractivity contribution in [2.75, 3.05) is 18.4 Å². The van der Waals surface area contributed by atoms with E-state index in [9.17, 15) is 4.79 Å². The fourth-order valence-electron chi connectivity index (χ4n) is 3.52. The number of anilines is 1. The SMILES string of the molecule is CCC1CCCCN1C(=O)c1cnc(NCCCc2ccccc2)cn1. The molecule has 1 fully saturated rings. The van der Waals surface area contributed by atoms with Crippen molar-refractivity contribution in [3.63, 3.8) is 0 Å². The molecule has 0 radical (unpaired) electrons. The van der Waals surface area contributed by atoms with E-state index in [1.54, 1.807) is 12.4 Å². The van der Waals surface area contributed by atoms with E-state index in [1.807, 2.05) is 11.0 Å². The van der Waals surface area contributed by atoms with Gasteiger partial charge in [0.05, 0.1) is 12.4 Å². The van der Waals surface area contributed by atoms with Gasteiger partial charge in [-0.05, 0) is 44.1 Å². The molecule has 1 aromatic carbocycles. The van der Waals surface area contributed by atoms with Crippen LogP contribution in [0.5, 0.6) is 0 Å². The fraction of sp³-hybridized carbons (Fsp3) is 0.476. The molecule has 1 aliphatic heterocycles. The highest BCUT2D eigenvalue weighted by Crippen LogP contribution is 2.21. The molecule has 1 unspecified atom stereocenters. The largest absolute Gasteiger partial charge is 0.369 e. The number of piperidine rings is 1. The summed E-state index contributed by atoms with van der Waals surface area (Å²) in [5.41, 5.74) is 1.79. The van der Waals surface area contributed by atoms with Gasteiger partial charge in [0.15, 0.2) is 0 Å². The van der Waals surface area contributed by atoms with Crippen molar-refractivity contribution in [3.05, 3.63) is 54.0 Å². The van der Waals surface area contributed by atoms with Gasteiger partial charge in [0.25, 0.3) is 5.91 Å². The van der Waals surface area contributed by atoms with E-state index in [0.29, 0.717) is 11.7 Å². The number of hydrogen-bond acceptors (Lipinski definition) is 4. The molecule has 1 saturated heterocycles. The Morgan fingerprint density at radius 3 is 2.77 bits per heavy atom. The summed E-state index contributed by atoms with van der Waals surface area (Å²) >= 11 is 0. The van der Waals surface area contributed by atoms with Crippen LogP contribution in [0.15, 0.2) is 42.7 Å². The first-order valence-electron chi connectivity index (χ1n) is 9.68. The Kier molecular flexibility index (Phi) is 6.58. The monoisotopic (exact) mass is 352 g/mol. The third-order valence-corrected chi connectivity index (χ3v) is 5.02. The Hall–Kier alpha value is -2.43. The maximum atomic E-state index is 12.7. The topological polar surface area (TPSA) is 58.1 Å². The summed E-state index contributed by atoms with van der Waals surface area (Å²) in [7, 11) is 0. The summed E-state index contributed by atoms with van der Waals surface area (Å²) in [5, 5.41) is 3.28. The van der Waals surface area contributed by atoms with Gasteiger partial charge in [-0.15, -0.1) is 0 Å². The van der Waals surface area contributed by atoms with E-state index >= 15 is 0 Å². The number of nitrogens with zero attached hydrogens (tertiary/aromatic N) is 3. The van der Waals surface area contributed by atoms with Gasteiger partial charge in [-0.25, -0.2) is 9.97 Å². The number of aromatic nitrogens is 2. The first-order chi connectivity index (χ1) is 12.8. The minimum absolute atomic E-state index is 0.0136. The molecule has 0 saturated carbocycles. The summed E-state index contributed by atoms with van der Waals surface area (Å²) in [6.07, 6.45) is 9.71. The maximum absolute atomic E-state index is 12.7. The van der Waals surface area contributed by atoms with E-state index in [4.69, 9.17) is 0 Å². The Bertz CT molecular complexity index is 687. The van der Waals surface area contributed by atoms with Crippen LogP contribution in [-0.2, 0) is 6.42 Å². The van der Waals surface area contributed by atoms with Crippen LogP contribution in [0.2, 0.25) is 0 Å². The average molecular weight is 352 g/mol. The number of rotatable bonds is 7. The van der Waals surface area contributed by atoms with E-state index < -0.39 is 0 Å². The lowest BCUT2D eigenvalue weighted by atomic mass is 10.00. The van der Waals surface area contributed by atoms with Gasteiger partial charge in [0, 0.05) is 19.1 Å². The second kappa shape index (κ2) is 9.32. The molecule has 0 bridgehead atoms. The Labute approximate surface area is 155 Å². The molecule has 5 nitrogen and oxygen atoms in total. The van der Waals surface area contributed by atoms with Crippen molar-refractivity contribution in [1.29, 1.82) is 0 Å². The van der Waals surface area contributed by atoms with Crippen LogP contribution in [0, 0.1) is 0 Å². The first-order valence-corrected chi connectivity index (χ1v) is 9.68. The third kappa shape index (κ3) is 4.81. The van der Waals surface area contributed by atoms with Gasteiger partial charge < -0.3 is 10.2 Å².